The van der Waals surface area contributed by atoms with Gasteiger partial charge < -0.3 is 10.1 Å². The van der Waals surface area contributed by atoms with Gasteiger partial charge in [-0.25, -0.2) is 14.3 Å². The molecule has 2 atom stereocenters. The molecule has 51 heavy (non-hydrogen) atoms. The molecule has 0 aliphatic carbocycles. The first-order valence-corrected chi connectivity index (χ1v) is 16.0. The second-order valence-corrected chi connectivity index (χ2v) is 12.2. The average Bonchev–Trinajstić information content (AvgIpc) is 3.79. The molecule has 1 amide bonds. The Morgan fingerprint density at radius 1 is 1.02 bits per heavy atom. The number of anilines is 1. The fourth-order valence-electron chi connectivity index (χ4n) is 5.77. The molecule has 0 fully saturated rings. The molecular weight excluding hydrogens is 691 g/mol. The lowest BCUT2D eigenvalue weighted by atomic mass is 9.97. The van der Waals surface area contributed by atoms with Gasteiger partial charge in [-0.15, -0.1) is 5.10 Å². The zero-order chi connectivity index (χ0) is 35.9. The van der Waals surface area contributed by atoms with Crippen LogP contribution >= 0.6 is 11.6 Å². The standard InChI is InChI=1S/C33H27ClF3N11O3/c1-18-4-3-5-26(23-10-19(8-9-39-23)31-24(41-32(18)50)15-48(44-31)28-13-38-14-29(42-28)51-2)46-17-40-22(12-30(46)49)21-11-20(34)6-7-25(21)47-16-27(43-45-47)33(35,36)37/h6-18,26H,3-5H2,1-2H3,(H,41,50). The van der Waals surface area contributed by atoms with Crippen molar-refractivity contribution in [3.8, 4) is 39.9 Å². The number of alkyl halides is 3. The number of nitrogens with zero attached hydrogens (tertiary/aromatic N) is 10. The lowest BCUT2D eigenvalue weighted by Crippen LogP contribution is -2.27. The number of aromatic nitrogens is 10. The number of carbonyl (C=O) groups excluding carboxylic acids is 1. The van der Waals surface area contributed by atoms with Crippen LogP contribution < -0.4 is 15.6 Å². The molecule has 6 aromatic rings. The van der Waals surface area contributed by atoms with Crippen molar-refractivity contribution in [2.45, 2.75) is 38.4 Å². The molecule has 1 N–H and O–H groups in total. The molecule has 14 nitrogen and oxygen atoms in total. The van der Waals surface area contributed by atoms with E-state index in [-0.39, 0.29) is 39.7 Å². The summed E-state index contributed by atoms with van der Waals surface area (Å²) in [5.41, 5.74) is 1.06. The van der Waals surface area contributed by atoms with E-state index in [1.54, 1.807) is 24.5 Å². The molecule has 0 saturated heterocycles. The van der Waals surface area contributed by atoms with Crippen molar-refractivity contribution in [1.82, 2.24) is 49.3 Å². The second kappa shape index (κ2) is 13.4. The highest BCUT2D eigenvalue weighted by molar-refractivity contribution is 6.31. The number of methoxy groups -OCH3 is 1. The van der Waals surface area contributed by atoms with Crippen LogP contribution in [0.2, 0.25) is 5.02 Å². The van der Waals surface area contributed by atoms with Gasteiger partial charge in [-0.05, 0) is 43.2 Å². The number of ether oxygens (including phenoxy) is 1. The smallest absolute Gasteiger partial charge is 0.436 e. The van der Waals surface area contributed by atoms with Crippen molar-refractivity contribution in [2.75, 3.05) is 12.4 Å². The third kappa shape index (κ3) is 6.79. The number of hydrogen-bond acceptors (Lipinski definition) is 10. The highest BCUT2D eigenvalue weighted by Gasteiger charge is 2.35. The fraction of sp³-hybridized carbons (Fsp3) is 0.242. The van der Waals surface area contributed by atoms with E-state index >= 15 is 0 Å². The van der Waals surface area contributed by atoms with Gasteiger partial charge in [0.2, 0.25) is 11.8 Å². The number of carbonyl (C=O) groups is 1. The largest absolute Gasteiger partial charge is 0.480 e. The summed E-state index contributed by atoms with van der Waals surface area (Å²) in [4.78, 5) is 44.9. The van der Waals surface area contributed by atoms with Gasteiger partial charge in [0.1, 0.15) is 5.69 Å². The van der Waals surface area contributed by atoms with Gasteiger partial charge in [-0.3, -0.25) is 24.1 Å². The molecule has 18 heteroatoms. The molecular formula is C33H27ClF3N11O3. The van der Waals surface area contributed by atoms with Crippen LogP contribution in [0.1, 0.15) is 43.6 Å². The Morgan fingerprint density at radius 3 is 2.63 bits per heavy atom. The number of benzene rings is 1. The Morgan fingerprint density at radius 2 is 1.86 bits per heavy atom. The Labute approximate surface area is 291 Å². The molecule has 0 radical (unpaired) electrons. The molecule has 5 aromatic heterocycles. The lowest BCUT2D eigenvalue weighted by molar-refractivity contribution is -0.141. The summed E-state index contributed by atoms with van der Waals surface area (Å²) in [7, 11) is 1.48. The second-order valence-electron chi connectivity index (χ2n) is 11.8. The normalized spacial score (nSPS) is 16.5. The molecule has 1 aliphatic rings. The van der Waals surface area contributed by atoms with Gasteiger partial charge in [0.05, 0.1) is 67.0 Å². The van der Waals surface area contributed by atoms with E-state index in [9.17, 15) is 22.8 Å². The van der Waals surface area contributed by atoms with Crippen LogP contribution in [0.15, 0.2) is 78.5 Å². The average molecular weight is 718 g/mol. The maximum Gasteiger partial charge on any atom is 0.436 e. The predicted molar refractivity (Wildman–Crippen MR) is 178 cm³/mol. The SMILES string of the molecule is COc1cncc(-n2cc3c(n2)-c2ccnc(c2)C(n2cnc(-c4cc(Cl)ccc4-n4cc(C(F)(F)F)nn4)cc2=O)CCCC(C)C(=O)N3)n1. The maximum absolute atomic E-state index is 13.9. The predicted octanol–water partition coefficient (Wildman–Crippen LogP) is 5.56. The highest BCUT2D eigenvalue weighted by Crippen LogP contribution is 2.34. The summed E-state index contributed by atoms with van der Waals surface area (Å²) in [5.74, 6) is 0.0756. The van der Waals surface area contributed by atoms with Crippen LogP contribution in [0.4, 0.5) is 18.9 Å². The Kier molecular flexibility index (Phi) is 8.80. The number of pyridine rings is 1. The summed E-state index contributed by atoms with van der Waals surface area (Å²) >= 11 is 6.27. The van der Waals surface area contributed by atoms with Crippen LogP contribution in [-0.2, 0) is 11.0 Å². The van der Waals surface area contributed by atoms with E-state index in [1.165, 1.54) is 59.3 Å². The number of amides is 1. The van der Waals surface area contributed by atoms with Crippen molar-refractivity contribution >= 4 is 23.2 Å². The van der Waals surface area contributed by atoms with E-state index in [4.69, 9.17) is 21.4 Å². The van der Waals surface area contributed by atoms with E-state index in [0.717, 1.165) is 10.9 Å². The first kappa shape index (κ1) is 33.5. The van der Waals surface area contributed by atoms with Crippen molar-refractivity contribution in [3.63, 3.8) is 0 Å². The molecule has 1 aromatic carbocycles. The zero-order valence-corrected chi connectivity index (χ0v) is 27.7. The van der Waals surface area contributed by atoms with Gasteiger partial charge in [-0.1, -0.05) is 30.2 Å². The van der Waals surface area contributed by atoms with Crippen LogP contribution in [0.5, 0.6) is 5.88 Å². The summed E-state index contributed by atoms with van der Waals surface area (Å²) in [6.07, 6.45) is 5.15. The molecule has 6 heterocycles. The monoisotopic (exact) mass is 717 g/mol. The molecule has 2 bridgehead atoms. The van der Waals surface area contributed by atoms with Gasteiger partial charge >= 0.3 is 6.18 Å². The Balaban J connectivity index is 1.29. The minimum atomic E-state index is -4.70. The van der Waals surface area contributed by atoms with Crippen molar-refractivity contribution < 1.29 is 22.7 Å². The van der Waals surface area contributed by atoms with E-state index < -0.39 is 23.5 Å². The van der Waals surface area contributed by atoms with Gasteiger partial charge in [-0.2, -0.15) is 23.3 Å². The molecule has 0 saturated carbocycles. The maximum atomic E-state index is 13.9. The van der Waals surface area contributed by atoms with Crippen molar-refractivity contribution in [2.24, 2.45) is 5.92 Å². The van der Waals surface area contributed by atoms with Crippen LogP contribution in [0.25, 0.3) is 34.0 Å². The number of fused-ring (bicyclic) bond motifs is 4. The van der Waals surface area contributed by atoms with Gasteiger partial charge in [0, 0.05) is 34.3 Å². The first-order valence-electron chi connectivity index (χ1n) is 15.6. The lowest BCUT2D eigenvalue weighted by Gasteiger charge is -2.22. The van der Waals surface area contributed by atoms with E-state index in [0.29, 0.717) is 47.7 Å². The number of nitrogens with one attached hydrogen (secondary N) is 1. The summed E-state index contributed by atoms with van der Waals surface area (Å²) < 4.78 is 48.9. The summed E-state index contributed by atoms with van der Waals surface area (Å²) in [6.45, 7) is 1.82. The van der Waals surface area contributed by atoms with Crippen LogP contribution in [0.3, 0.4) is 0 Å². The fourth-order valence-corrected chi connectivity index (χ4v) is 5.94. The quantitative estimate of drug-likeness (QED) is 0.239. The third-order valence-electron chi connectivity index (χ3n) is 8.41. The minimum Gasteiger partial charge on any atom is -0.480 e. The van der Waals surface area contributed by atoms with Crippen LogP contribution in [0, 0.1) is 5.92 Å². The Bertz CT molecular complexity index is 2320. The zero-order valence-electron chi connectivity index (χ0n) is 26.9. The van der Waals surface area contributed by atoms with Crippen molar-refractivity contribution in [1.29, 1.82) is 0 Å². The van der Waals surface area contributed by atoms with Gasteiger partial charge in [0.15, 0.2) is 11.5 Å². The number of hydrogen-bond donors (Lipinski definition) is 1. The molecule has 0 spiro atoms. The van der Waals surface area contributed by atoms with Crippen LogP contribution in [-0.4, -0.2) is 62.3 Å². The number of halogens is 4. The topological polar surface area (TPSA) is 160 Å². The van der Waals surface area contributed by atoms with Crippen molar-refractivity contribution in [3.05, 3.63) is 100 Å². The third-order valence-corrected chi connectivity index (χ3v) is 8.65. The molecule has 1 aliphatic heterocycles. The van der Waals surface area contributed by atoms with E-state index in [1.807, 2.05) is 6.92 Å². The Hall–Kier alpha value is -5.97. The molecule has 7 rings (SSSR count). The molecule has 2 unspecified atom stereocenters. The first-order chi connectivity index (χ1) is 24.5. The minimum absolute atomic E-state index is 0.161. The van der Waals surface area contributed by atoms with E-state index in [2.05, 4.69) is 35.6 Å². The molecule has 260 valence electrons. The van der Waals surface area contributed by atoms with Gasteiger partial charge in [0.25, 0.3) is 5.56 Å². The highest BCUT2D eigenvalue weighted by atomic mass is 35.5. The number of rotatable bonds is 5. The summed E-state index contributed by atoms with van der Waals surface area (Å²) in [6, 6.07) is 8.67. The summed E-state index contributed by atoms with van der Waals surface area (Å²) in [5, 5.41) is 14.9.